The van der Waals surface area contributed by atoms with Crippen molar-refractivity contribution < 1.29 is 9.50 Å². The fourth-order valence-electron chi connectivity index (χ4n) is 2.27. The molecule has 1 heterocycles. The Morgan fingerprint density at radius 3 is 2.76 bits per heavy atom. The first kappa shape index (κ1) is 17.1. The molecule has 3 aromatic rings. The summed E-state index contributed by atoms with van der Waals surface area (Å²) in [5.41, 5.74) is 0.998. The predicted molar refractivity (Wildman–Crippen MR) is 96.6 cm³/mol. The summed E-state index contributed by atoms with van der Waals surface area (Å²) in [4.78, 5) is 8.44. The summed E-state index contributed by atoms with van der Waals surface area (Å²) in [6, 6.07) is 15.0. The van der Waals surface area contributed by atoms with Crippen LogP contribution in [0.3, 0.4) is 0 Å². The van der Waals surface area contributed by atoms with Crippen LogP contribution in [0, 0.1) is 5.82 Å². The van der Waals surface area contributed by atoms with Crippen molar-refractivity contribution in [2.24, 2.45) is 0 Å². The van der Waals surface area contributed by atoms with Crippen molar-refractivity contribution >= 4 is 29.1 Å². The Kier molecular flexibility index (Phi) is 5.42. The number of aliphatic hydroxyl groups excluding tert-OH is 1. The molecule has 3 N–H and O–H groups in total. The molecule has 1 unspecified atom stereocenters. The van der Waals surface area contributed by atoms with Gasteiger partial charge in [0, 0.05) is 29.0 Å². The summed E-state index contributed by atoms with van der Waals surface area (Å²) in [5.74, 6) is 0.449. The second kappa shape index (κ2) is 7.92. The lowest BCUT2D eigenvalue weighted by Gasteiger charge is -2.14. The zero-order valence-corrected chi connectivity index (χ0v) is 13.9. The van der Waals surface area contributed by atoms with Gasteiger partial charge in [-0.2, -0.15) is 4.98 Å². The monoisotopic (exact) mass is 358 g/mol. The first-order chi connectivity index (χ1) is 12.1. The van der Waals surface area contributed by atoms with Crippen molar-refractivity contribution in [1.82, 2.24) is 9.97 Å². The highest BCUT2D eigenvalue weighted by molar-refractivity contribution is 6.30. The molecule has 1 aromatic heterocycles. The maximum atomic E-state index is 13.7. The summed E-state index contributed by atoms with van der Waals surface area (Å²) in [6.07, 6.45) is 0.595. The van der Waals surface area contributed by atoms with Crippen molar-refractivity contribution in [3.63, 3.8) is 0 Å². The number of aromatic nitrogens is 2. The lowest BCUT2D eigenvalue weighted by Crippen LogP contribution is -2.14. The number of hydrogen-bond acceptors (Lipinski definition) is 5. The summed E-state index contributed by atoms with van der Waals surface area (Å²) in [5, 5.41) is 16.7. The molecule has 0 amide bonds. The van der Waals surface area contributed by atoms with E-state index in [2.05, 4.69) is 20.6 Å². The summed E-state index contributed by atoms with van der Waals surface area (Å²) >= 11 is 5.95. The average molecular weight is 359 g/mol. The van der Waals surface area contributed by atoms with Crippen molar-refractivity contribution in [2.75, 3.05) is 17.2 Å². The molecular formula is C18H16ClFN4O. The number of hydrogen-bond donors (Lipinski definition) is 3. The number of anilines is 3. The SMILES string of the molecule is OC(CNc1ccnc(Nc2cccc(Cl)c2)n1)c1ccccc1F. The summed E-state index contributed by atoms with van der Waals surface area (Å²) in [7, 11) is 0. The van der Waals surface area contributed by atoms with Gasteiger partial charge in [-0.1, -0.05) is 35.9 Å². The van der Waals surface area contributed by atoms with Gasteiger partial charge in [0.2, 0.25) is 5.95 Å². The van der Waals surface area contributed by atoms with E-state index in [0.717, 1.165) is 5.69 Å². The van der Waals surface area contributed by atoms with E-state index in [9.17, 15) is 9.50 Å². The van der Waals surface area contributed by atoms with Crippen LogP contribution in [0.5, 0.6) is 0 Å². The van der Waals surface area contributed by atoms with Crippen LogP contribution in [-0.2, 0) is 0 Å². The molecule has 5 nitrogen and oxygen atoms in total. The number of halogens is 2. The smallest absolute Gasteiger partial charge is 0.229 e. The molecule has 0 aliphatic carbocycles. The van der Waals surface area contributed by atoms with E-state index >= 15 is 0 Å². The molecule has 0 saturated carbocycles. The minimum Gasteiger partial charge on any atom is -0.386 e. The third-order valence-electron chi connectivity index (χ3n) is 3.48. The zero-order valence-electron chi connectivity index (χ0n) is 13.2. The molecule has 0 aliphatic rings. The fraction of sp³-hybridized carbons (Fsp3) is 0.111. The van der Waals surface area contributed by atoms with E-state index in [-0.39, 0.29) is 12.1 Å². The van der Waals surface area contributed by atoms with Crippen LogP contribution in [0.1, 0.15) is 11.7 Å². The molecule has 2 aromatic carbocycles. The maximum absolute atomic E-state index is 13.7. The van der Waals surface area contributed by atoms with Crippen LogP contribution in [0.15, 0.2) is 60.8 Å². The molecule has 1 atom stereocenters. The second-order valence-corrected chi connectivity index (χ2v) is 5.76. The van der Waals surface area contributed by atoms with E-state index in [0.29, 0.717) is 16.8 Å². The van der Waals surface area contributed by atoms with Gasteiger partial charge in [-0.15, -0.1) is 0 Å². The van der Waals surface area contributed by atoms with Crippen molar-refractivity contribution in [1.29, 1.82) is 0 Å². The molecule has 0 aliphatic heterocycles. The lowest BCUT2D eigenvalue weighted by molar-refractivity contribution is 0.186. The van der Waals surface area contributed by atoms with Gasteiger partial charge in [0.15, 0.2) is 0 Å². The largest absolute Gasteiger partial charge is 0.386 e. The van der Waals surface area contributed by atoms with E-state index in [4.69, 9.17) is 11.6 Å². The Hall–Kier alpha value is -2.70. The second-order valence-electron chi connectivity index (χ2n) is 5.32. The summed E-state index contributed by atoms with van der Waals surface area (Å²) < 4.78 is 13.7. The quantitative estimate of drug-likeness (QED) is 0.617. The van der Waals surface area contributed by atoms with Gasteiger partial charge in [-0.05, 0) is 30.3 Å². The highest BCUT2D eigenvalue weighted by Gasteiger charge is 2.12. The Labute approximate surface area is 149 Å². The van der Waals surface area contributed by atoms with Gasteiger partial charge in [0.1, 0.15) is 11.6 Å². The van der Waals surface area contributed by atoms with Crippen LogP contribution in [0.25, 0.3) is 0 Å². The number of benzene rings is 2. The fourth-order valence-corrected chi connectivity index (χ4v) is 2.46. The Balaban J connectivity index is 1.65. The van der Waals surface area contributed by atoms with Crippen LogP contribution >= 0.6 is 11.6 Å². The molecular weight excluding hydrogens is 343 g/mol. The number of rotatable bonds is 6. The number of aliphatic hydroxyl groups is 1. The maximum Gasteiger partial charge on any atom is 0.229 e. The molecule has 0 fully saturated rings. The topological polar surface area (TPSA) is 70.1 Å². The third kappa shape index (κ3) is 4.65. The van der Waals surface area contributed by atoms with Crippen molar-refractivity contribution in [3.05, 3.63) is 77.2 Å². The zero-order chi connectivity index (χ0) is 17.6. The molecule has 0 spiro atoms. The van der Waals surface area contributed by atoms with Crippen LogP contribution in [0.2, 0.25) is 5.02 Å². The molecule has 0 bridgehead atoms. The molecule has 128 valence electrons. The van der Waals surface area contributed by atoms with Crippen LogP contribution in [0.4, 0.5) is 21.8 Å². The van der Waals surface area contributed by atoms with Gasteiger partial charge < -0.3 is 15.7 Å². The Morgan fingerprint density at radius 2 is 1.96 bits per heavy atom. The standard InChI is InChI=1S/C18H16ClFN4O/c19-12-4-3-5-13(10-12)23-18-21-9-8-17(24-18)22-11-16(25)14-6-1-2-7-15(14)20/h1-10,16,25H,11H2,(H2,21,22,23,24). The van der Waals surface area contributed by atoms with Gasteiger partial charge in [0.25, 0.3) is 0 Å². The molecule has 3 rings (SSSR count). The summed E-state index contributed by atoms with van der Waals surface area (Å²) in [6.45, 7) is 0.120. The van der Waals surface area contributed by atoms with Crippen molar-refractivity contribution in [2.45, 2.75) is 6.10 Å². The van der Waals surface area contributed by atoms with Crippen molar-refractivity contribution in [3.8, 4) is 0 Å². The van der Waals surface area contributed by atoms with Gasteiger partial charge >= 0.3 is 0 Å². The highest BCUT2D eigenvalue weighted by atomic mass is 35.5. The molecule has 0 radical (unpaired) electrons. The number of nitrogens with zero attached hydrogens (tertiary/aromatic N) is 2. The Morgan fingerprint density at radius 1 is 1.12 bits per heavy atom. The van der Waals surface area contributed by atoms with E-state index < -0.39 is 11.9 Å². The first-order valence-electron chi connectivity index (χ1n) is 7.64. The van der Waals surface area contributed by atoms with Gasteiger partial charge in [0.05, 0.1) is 6.10 Å². The van der Waals surface area contributed by atoms with Gasteiger partial charge in [-0.25, -0.2) is 9.37 Å². The lowest BCUT2D eigenvalue weighted by atomic mass is 10.1. The van der Waals surface area contributed by atoms with Crippen LogP contribution in [-0.4, -0.2) is 21.6 Å². The average Bonchev–Trinajstić information content (AvgIpc) is 2.60. The minimum atomic E-state index is -0.986. The number of nitrogens with one attached hydrogen (secondary N) is 2. The highest BCUT2D eigenvalue weighted by Crippen LogP contribution is 2.20. The normalized spacial score (nSPS) is 11.8. The predicted octanol–water partition coefficient (Wildman–Crippen LogP) is 4.16. The van der Waals surface area contributed by atoms with E-state index in [1.807, 2.05) is 12.1 Å². The van der Waals surface area contributed by atoms with E-state index in [1.54, 1.807) is 42.6 Å². The third-order valence-corrected chi connectivity index (χ3v) is 3.71. The van der Waals surface area contributed by atoms with Crippen LogP contribution < -0.4 is 10.6 Å². The van der Waals surface area contributed by atoms with Gasteiger partial charge in [-0.3, -0.25) is 0 Å². The first-order valence-corrected chi connectivity index (χ1v) is 8.01. The Bertz CT molecular complexity index is 862. The molecule has 25 heavy (non-hydrogen) atoms. The molecule has 7 heteroatoms. The van der Waals surface area contributed by atoms with E-state index in [1.165, 1.54) is 6.07 Å². The minimum absolute atomic E-state index is 0.120. The molecule has 0 saturated heterocycles.